The number of nitrogens with two attached hydrogens (primary N) is 1. The van der Waals surface area contributed by atoms with Gasteiger partial charge < -0.3 is 9.47 Å². The average molecular weight is 299 g/mol. The van der Waals surface area contributed by atoms with Crippen molar-refractivity contribution >= 4 is 11.6 Å². The number of hydrazine groups is 1. The third-order valence-electron chi connectivity index (χ3n) is 3.80. The predicted octanol–water partition coefficient (Wildman–Crippen LogP) is 2.46. The summed E-state index contributed by atoms with van der Waals surface area (Å²) in [6.45, 7) is 2.87. The van der Waals surface area contributed by atoms with Crippen molar-refractivity contribution in [3.8, 4) is 5.75 Å². The first kappa shape index (κ1) is 15.6. The van der Waals surface area contributed by atoms with E-state index in [1.165, 1.54) is 5.56 Å². The molecule has 3 N–H and O–H groups in total. The first-order valence-electron chi connectivity index (χ1n) is 7.12. The van der Waals surface area contributed by atoms with Crippen LogP contribution in [0, 0.1) is 0 Å². The molecule has 1 aromatic rings. The van der Waals surface area contributed by atoms with Crippen LogP contribution in [-0.4, -0.2) is 25.9 Å². The lowest BCUT2D eigenvalue weighted by Gasteiger charge is -2.26. The Labute approximate surface area is 125 Å². The Morgan fingerprint density at radius 3 is 2.95 bits per heavy atom. The second-order valence-electron chi connectivity index (χ2n) is 5.19. The lowest BCUT2D eigenvalue weighted by molar-refractivity contribution is 0.0607. The zero-order valence-corrected chi connectivity index (χ0v) is 12.9. The summed E-state index contributed by atoms with van der Waals surface area (Å²) in [5, 5.41) is 0.754. The van der Waals surface area contributed by atoms with Gasteiger partial charge >= 0.3 is 0 Å². The van der Waals surface area contributed by atoms with Crippen molar-refractivity contribution in [3.05, 3.63) is 28.3 Å². The summed E-state index contributed by atoms with van der Waals surface area (Å²) >= 11 is 6.19. The molecule has 0 spiro atoms. The Morgan fingerprint density at radius 1 is 1.50 bits per heavy atom. The number of halogens is 1. The molecule has 1 aliphatic heterocycles. The van der Waals surface area contributed by atoms with E-state index in [1.54, 1.807) is 7.11 Å². The molecule has 0 amide bonds. The summed E-state index contributed by atoms with van der Waals surface area (Å²) in [4.78, 5) is 0. The second-order valence-corrected chi connectivity index (χ2v) is 5.63. The van der Waals surface area contributed by atoms with Crippen molar-refractivity contribution in [1.82, 2.24) is 5.43 Å². The highest BCUT2D eigenvalue weighted by Gasteiger charge is 2.24. The maximum absolute atomic E-state index is 6.19. The van der Waals surface area contributed by atoms with Crippen LogP contribution in [0.25, 0.3) is 0 Å². The van der Waals surface area contributed by atoms with Gasteiger partial charge in [-0.15, -0.1) is 0 Å². The second kappa shape index (κ2) is 7.27. The summed E-state index contributed by atoms with van der Waals surface area (Å²) in [6, 6.07) is 4.00. The SMILES string of the molecule is CCCC(OC)C(Cc1cc(Cl)cc2c1OCC2)NN. The van der Waals surface area contributed by atoms with E-state index in [0.717, 1.165) is 48.6 Å². The molecular weight excluding hydrogens is 276 g/mol. The molecule has 20 heavy (non-hydrogen) atoms. The Bertz CT molecular complexity index is 454. The van der Waals surface area contributed by atoms with Gasteiger partial charge in [0.15, 0.2) is 0 Å². The van der Waals surface area contributed by atoms with Gasteiger partial charge in [0.1, 0.15) is 5.75 Å². The third-order valence-corrected chi connectivity index (χ3v) is 4.02. The minimum absolute atomic E-state index is 0.0479. The quantitative estimate of drug-likeness (QED) is 0.600. The fraction of sp³-hybridized carbons (Fsp3) is 0.600. The standard InChI is InChI=1S/C15H23ClN2O2/c1-3-4-14(19-2)13(18-17)9-11-8-12(16)7-10-5-6-20-15(10)11/h7-8,13-14,18H,3-6,9,17H2,1-2H3. The maximum Gasteiger partial charge on any atom is 0.125 e. The van der Waals surface area contributed by atoms with Gasteiger partial charge in [0.2, 0.25) is 0 Å². The van der Waals surface area contributed by atoms with Gasteiger partial charge in [-0.3, -0.25) is 11.3 Å². The van der Waals surface area contributed by atoms with Crippen LogP contribution in [0.15, 0.2) is 12.1 Å². The molecule has 2 rings (SSSR count). The van der Waals surface area contributed by atoms with Gasteiger partial charge in [0.05, 0.1) is 18.8 Å². The van der Waals surface area contributed by atoms with E-state index in [4.69, 9.17) is 26.9 Å². The number of rotatable bonds is 7. The van der Waals surface area contributed by atoms with Crippen LogP contribution in [0.5, 0.6) is 5.75 Å². The number of methoxy groups -OCH3 is 1. The van der Waals surface area contributed by atoms with Crippen LogP contribution in [0.1, 0.15) is 30.9 Å². The molecule has 1 aliphatic rings. The largest absolute Gasteiger partial charge is 0.493 e. The number of ether oxygens (including phenoxy) is 2. The van der Waals surface area contributed by atoms with Crippen molar-refractivity contribution in [2.75, 3.05) is 13.7 Å². The van der Waals surface area contributed by atoms with Crippen LogP contribution in [0.3, 0.4) is 0 Å². The van der Waals surface area contributed by atoms with Gasteiger partial charge in [0, 0.05) is 18.6 Å². The zero-order chi connectivity index (χ0) is 14.5. The highest BCUT2D eigenvalue weighted by molar-refractivity contribution is 6.30. The van der Waals surface area contributed by atoms with E-state index in [2.05, 4.69) is 12.3 Å². The molecular formula is C15H23ClN2O2. The number of fused-ring (bicyclic) bond motifs is 1. The molecule has 2 unspecified atom stereocenters. The molecule has 4 nitrogen and oxygen atoms in total. The first-order chi connectivity index (χ1) is 9.69. The lowest BCUT2D eigenvalue weighted by Crippen LogP contribution is -2.46. The fourth-order valence-corrected chi connectivity index (χ4v) is 3.06. The molecule has 0 aliphatic carbocycles. The Hall–Kier alpha value is -0.810. The van der Waals surface area contributed by atoms with Crippen LogP contribution in [0.4, 0.5) is 0 Å². The van der Waals surface area contributed by atoms with Gasteiger partial charge in [-0.25, -0.2) is 0 Å². The van der Waals surface area contributed by atoms with Crippen molar-refractivity contribution in [2.24, 2.45) is 5.84 Å². The van der Waals surface area contributed by atoms with Gasteiger partial charge in [-0.2, -0.15) is 0 Å². The van der Waals surface area contributed by atoms with Crippen LogP contribution in [0.2, 0.25) is 5.02 Å². The summed E-state index contributed by atoms with van der Waals surface area (Å²) in [5.74, 6) is 6.68. The summed E-state index contributed by atoms with van der Waals surface area (Å²) in [6.07, 6.45) is 3.78. The maximum atomic E-state index is 6.19. The normalized spacial score (nSPS) is 16.6. The molecule has 0 saturated heterocycles. The third kappa shape index (κ3) is 3.44. The molecule has 0 bridgehead atoms. The number of hydrogen-bond acceptors (Lipinski definition) is 4. The predicted molar refractivity (Wildman–Crippen MR) is 81.2 cm³/mol. The molecule has 2 atom stereocenters. The Morgan fingerprint density at radius 2 is 2.30 bits per heavy atom. The average Bonchev–Trinajstić information content (AvgIpc) is 2.90. The van der Waals surface area contributed by atoms with Crippen LogP contribution < -0.4 is 16.0 Å². The molecule has 1 aromatic carbocycles. The van der Waals surface area contributed by atoms with E-state index in [-0.39, 0.29) is 12.1 Å². The molecule has 0 aromatic heterocycles. The molecule has 0 fully saturated rings. The molecule has 0 radical (unpaired) electrons. The molecule has 1 heterocycles. The summed E-state index contributed by atoms with van der Waals surface area (Å²) < 4.78 is 11.3. The molecule has 112 valence electrons. The summed E-state index contributed by atoms with van der Waals surface area (Å²) in [5.41, 5.74) is 5.16. The van der Waals surface area contributed by atoms with Crippen molar-refractivity contribution in [2.45, 2.75) is 44.8 Å². The van der Waals surface area contributed by atoms with Crippen LogP contribution >= 0.6 is 11.6 Å². The Kier molecular flexibility index (Phi) is 5.66. The van der Waals surface area contributed by atoms with E-state index in [0.29, 0.717) is 0 Å². The molecule has 5 heteroatoms. The van der Waals surface area contributed by atoms with Crippen molar-refractivity contribution < 1.29 is 9.47 Å². The number of hydrogen-bond donors (Lipinski definition) is 2. The molecule has 0 saturated carbocycles. The zero-order valence-electron chi connectivity index (χ0n) is 12.1. The van der Waals surface area contributed by atoms with Gasteiger partial charge in [0.25, 0.3) is 0 Å². The number of benzene rings is 1. The van der Waals surface area contributed by atoms with E-state index in [9.17, 15) is 0 Å². The highest BCUT2D eigenvalue weighted by atomic mass is 35.5. The van der Waals surface area contributed by atoms with Crippen molar-refractivity contribution in [3.63, 3.8) is 0 Å². The summed E-state index contributed by atoms with van der Waals surface area (Å²) in [7, 11) is 1.73. The van der Waals surface area contributed by atoms with E-state index >= 15 is 0 Å². The lowest BCUT2D eigenvalue weighted by atomic mass is 9.96. The topological polar surface area (TPSA) is 56.5 Å². The smallest absolute Gasteiger partial charge is 0.125 e. The fourth-order valence-electron chi connectivity index (χ4n) is 2.80. The number of nitrogens with one attached hydrogen (secondary N) is 1. The minimum atomic E-state index is 0.0479. The minimum Gasteiger partial charge on any atom is -0.493 e. The highest BCUT2D eigenvalue weighted by Crippen LogP contribution is 2.34. The monoisotopic (exact) mass is 298 g/mol. The Balaban J connectivity index is 2.19. The van der Waals surface area contributed by atoms with Crippen molar-refractivity contribution in [1.29, 1.82) is 0 Å². The van der Waals surface area contributed by atoms with Crippen LogP contribution in [-0.2, 0) is 17.6 Å². The first-order valence-corrected chi connectivity index (χ1v) is 7.50. The van der Waals surface area contributed by atoms with E-state index in [1.807, 2.05) is 12.1 Å². The van der Waals surface area contributed by atoms with Gasteiger partial charge in [-0.1, -0.05) is 24.9 Å². The van der Waals surface area contributed by atoms with E-state index < -0.39 is 0 Å². The van der Waals surface area contributed by atoms with Gasteiger partial charge in [-0.05, 0) is 36.1 Å².